The largest absolute Gasteiger partial charge is 0.416 e. The van der Waals surface area contributed by atoms with Gasteiger partial charge in [0.05, 0.1) is 23.5 Å². The van der Waals surface area contributed by atoms with E-state index in [1.807, 2.05) is 0 Å². The number of aromatic nitrogens is 3. The van der Waals surface area contributed by atoms with Crippen molar-refractivity contribution < 1.29 is 22.4 Å². The number of alkyl halides is 3. The molecule has 1 amide bonds. The van der Waals surface area contributed by atoms with Crippen LogP contribution in [0, 0.1) is 5.82 Å². The number of benzene rings is 2. The standard InChI is InChI=1S/C20H19F4N5O/c1-13(15-5-3-4-6-16(15)21)28(2)10-19(30)27-17-9-14(20(22,23)24)7-8-18(17)29-12-25-11-26-29/h3-9,11-13H,10H2,1-2H3,(H,27,30). The smallest absolute Gasteiger partial charge is 0.323 e. The molecule has 1 atom stereocenters. The summed E-state index contributed by atoms with van der Waals surface area (Å²) in [4.78, 5) is 17.9. The van der Waals surface area contributed by atoms with Gasteiger partial charge < -0.3 is 5.32 Å². The number of nitrogens with one attached hydrogen (secondary N) is 1. The quantitative estimate of drug-likeness (QED) is 0.610. The van der Waals surface area contributed by atoms with Gasteiger partial charge in [-0.1, -0.05) is 18.2 Å². The van der Waals surface area contributed by atoms with Gasteiger partial charge in [-0.05, 0) is 38.2 Å². The first kappa shape index (κ1) is 21.4. The van der Waals surface area contributed by atoms with Crippen LogP contribution in [0.15, 0.2) is 55.1 Å². The molecule has 0 aliphatic rings. The van der Waals surface area contributed by atoms with Crippen molar-refractivity contribution in [2.75, 3.05) is 18.9 Å². The first-order valence-electron chi connectivity index (χ1n) is 8.97. The molecule has 0 fully saturated rings. The molecular weight excluding hydrogens is 402 g/mol. The van der Waals surface area contributed by atoms with Crippen LogP contribution >= 0.6 is 0 Å². The highest BCUT2D eigenvalue weighted by atomic mass is 19.4. The van der Waals surface area contributed by atoms with Crippen molar-refractivity contribution in [3.8, 4) is 5.69 Å². The molecule has 1 unspecified atom stereocenters. The molecule has 158 valence electrons. The topological polar surface area (TPSA) is 63.1 Å². The minimum Gasteiger partial charge on any atom is -0.323 e. The van der Waals surface area contributed by atoms with Gasteiger partial charge in [0.2, 0.25) is 5.91 Å². The van der Waals surface area contributed by atoms with E-state index in [1.165, 1.54) is 29.5 Å². The summed E-state index contributed by atoms with van der Waals surface area (Å²) in [5.74, 6) is -0.954. The zero-order chi connectivity index (χ0) is 21.9. The number of nitrogens with zero attached hydrogens (tertiary/aromatic N) is 4. The normalized spacial score (nSPS) is 12.8. The fourth-order valence-electron chi connectivity index (χ4n) is 2.95. The first-order valence-corrected chi connectivity index (χ1v) is 8.97. The predicted molar refractivity (Wildman–Crippen MR) is 102 cm³/mol. The van der Waals surface area contributed by atoms with E-state index in [2.05, 4.69) is 15.4 Å². The minimum absolute atomic E-state index is 0.0627. The lowest BCUT2D eigenvalue weighted by Crippen LogP contribution is -2.32. The molecule has 3 aromatic rings. The van der Waals surface area contributed by atoms with Crippen LogP contribution < -0.4 is 5.32 Å². The molecular formula is C20H19F4N5O. The van der Waals surface area contributed by atoms with E-state index in [9.17, 15) is 22.4 Å². The number of halogens is 4. The monoisotopic (exact) mass is 421 g/mol. The molecule has 0 aliphatic carbocycles. The van der Waals surface area contributed by atoms with Gasteiger partial charge in [0, 0.05) is 11.6 Å². The average molecular weight is 421 g/mol. The Labute approximate surface area is 170 Å². The summed E-state index contributed by atoms with van der Waals surface area (Å²) in [5.41, 5.74) is -0.323. The third kappa shape index (κ3) is 4.82. The van der Waals surface area contributed by atoms with Crippen LogP contribution in [0.25, 0.3) is 5.69 Å². The highest BCUT2D eigenvalue weighted by Crippen LogP contribution is 2.33. The summed E-state index contributed by atoms with van der Waals surface area (Å²) in [6.45, 7) is 1.57. The third-order valence-corrected chi connectivity index (χ3v) is 4.67. The SMILES string of the molecule is CC(c1ccccc1F)N(C)CC(=O)Nc1cc(C(F)(F)F)ccc1-n1cncn1. The number of hydrogen-bond acceptors (Lipinski definition) is 4. The second-order valence-corrected chi connectivity index (χ2v) is 6.73. The van der Waals surface area contributed by atoms with Crippen LogP contribution in [0.4, 0.5) is 23.2 Å². The van der Waals surface area contributed by atoms with Crippen LogP contribution in [0.3, 0.4) is 0 Å². The van der Waals surface area contributed by atoms with Crippen LogP contribution in [0.1, 0.15) is 24.1 Å². The fourth-order valence-corrected chi connectivity index (χ4v) is 2.95. The van der Waals surface area contributed by atoms with Gasteiger partial charge in [-0.15, -0.1) is 0 Å². The molecule has 1 N–H and O–H groups in total. The van der Waals surface area contributed by atoms with Gasteiger partial charge in [-0.25, -0.2) is 14.1 Å². The Morgan fingerprint density at radius 3 is 2.60 bits per heavy atom. The highest BCUT2D eigenvalue weighted by Gasteiger charge is 2.31. The fraction of sp³-hybridized carbons (Fsp3) is 0.250. The number of anilines is 1. The van der Waals surface area contributed by atoms with Gasteiger partial charge in [-0.3, -0.25) is 9.69 Å². The maximum Gasteiger partial charge on any atom is 0.416 e. The molecule has 3 rings (SSSR count). The molecule has 0 aliphatic heterocycles. The Morgan fingerprint density at radius 2 is 1.97 bits per heavy atom. The number of rotatable bonds is 6. The van der Waals surface area contributed by atoms with Crippen LogP contribution in [-0.4, -0.2) is 39.2 Å². The molecule has 30 heavy (non-hydrogen) atoms. The summed E-state index contributed by atoms with van der Waals surface area (Å²) >= 11 is 0. The number of likely N-dealkylation sites (N-methyl/N-ethyl adjacent to an activating group) is 1. The molecule has 1 aromatic heterocycles. The van der Waals surface area contributed by atoms with E-state index < -0.39 is 29.5 Å². The molecule has 0 radical (unpaired) electrons. The van der Waals surface area contributed by atoms with Crippen molar-refractivity contribution >= 4 is 11.6 Å². The van der Waals surface area contributed by atoms with E-state index in [0.29, 0.717) is 5.56 Å². The molecule has 0 spiro atoms. The molecule has 0 saturated carbocycles. The van der Waals surface area contributed by atoms with Crippen molar-refractivity contribution in [2.24, 2.45) is 0 Å². The Hall–Kier alpha value is -3.27. The van der Waals surface area contributed by atoms with Gasteiger partial charge in [0.25, 0.3) is 0 Å². The van der Waals surface area contributed by atoms with Crippen LogP contribution in [0.2, 0.25) is 0 Å². The third-order valence-electron chi connectivity index (χ3n) is 4.67. The summed E-state index contributed by atoms with van der Waals surface area (Å²) in [6, 6.07) is 8.73. The van der Waals surface area contributed by atoms with E-state index in [4.69, 9.17) is 0 Å². The molecule has 10 heteroatoms. The maximum absolute atomic E-state index is 14.0. The molecule has 6 nitrogen and oxygen atoms in total. The van der Waals surface area contributed by atoms with Gasteiger partial charge in [0.15, 0.2) is 0 Å². The number of carbonyl (C=O) groups is 1. The zero-order valence-electron chi connectivity index (χ0n) is 16.2. The Kier molecular flexibility index (Phi) is 6.16. The predicted octanol–water partition coefficient (Wildman–Crippen LogP) is 4.06. The molecule has 2 aromatic carbocycles. The van der Waals surface area contributed by atoms with E-state index in [-0.39, 0.29) is 17.9 Å². The lowest BCUT2D eigenvalue weighted by atomic mass is 10.1. The summed E-state index contributed by atoms with van der Waals surface area (Å²) in [5, 5.41) is 6.41. The Balaban J connectivity index is 1.80. The lowest BCUT2D eigenvalue weighted by Gasteiger charge is -2.25. The Morgan fingerprint density at radius 1 is 1.23 bits per heavy atom. The lowest BCUT2D eigenvalue weighted by molar-refractivity contribution is -0.137. The molecule has 1 heterocycles. The van der Waals surface area contributed by atoms with Crippen LogP contribution in [0.5, 0.6) is 0 Å². The number of carbonyl (C=O) groups excluding carboxylic acids is 1. The number of amides is 1. The number of hydrogen-bond donors (Lipinski definition) is 1. The maximum atomic E-state index is 14.0. The van der Waals surface area contributed by atoms with Crippen molar-refractivity contribution in [3.63, 3.8) is 0 Å². The average Bonchev–Trinajstić information content (AvgIpc) is 3.21. The summed E-state index contributed by atoms with van der Waals surface area (Å²) < 4.78 is 54.6. The Bertz CT molecular complexity index is 1020. The highest BCUT2D eigenvalue weighted by molar-refractivity contribution is 5.94. The van der Waals surface area contributed by atoms with Gasteiger partial charge >= 0.3 is 6.18 Å². The van der Waals surface area contributed by atoms with Crippen molar-refractivity contribution in [1.29, 1.82) is 0 Å². The van der Waals surface area contributed by atoms with E-state index in [0.717, 1.165) is 12.1 Å². The summed E-state index contributed by atoms with van der Waals surface area (Å²) in [6.07, 6.45) is -2.03. The minimum atomic E-state index is -4.57. The molecule has 0 bridgehead atoms. The second-order valence-electron chi connectivity index (χ2n) is 6.73. The zero-order valence-corrected chi connectivity index (χ0v) is 16.2. The van der Waals surface area contributed by atoms with Crippen molar-refractivity contribution in [3.05, 3.63) is 72.1 Å². The molecule has 0 saturated heterocycles. The van der Waals surface area contributed by atoms with E-state index >= 15 is 0 Å². The van der Waals surface area contributed by atoms with Gasteiger partial charge in [-0.2, -0.15) is 18.3 Å². The van der Waals surface area contributed by atoms with Crippen LogP contribution in [-0.2, 0) is 11.0 Å². The second kappa shape index (κ2) is 8.62. The van der Waals surface area contributed by atoms with Gasteiger partial charge in [0.1, 0.15) is 18.5 Å². The van der Waals surface area contributed by atoms with E-state index in [1.54, 1.807) is 37.1 Å². The van der Waals surface area contributed by atoms with Crippen molar-refractivity contribution in [1.82, 2.24) is 19.7 Å². The summed E-state index contributed by atoms with van der Waals surface area (Å²) in [7, 11) is 1.63. The first-order chi connectivity index (χ1) is 14.2. The van der Waals surface area contributed by atoms with Crippen molar-refractivity contribution in [2.45, 2.75) is 19.1 Å².